The van der Waals surface area contributed by atoms with Gasteiger partial charge in [-0.3, -0.25) is 0 Å². The van der Waals surface area contributed by atoms with E-state index < -0.39 is 0 Å². The maximum Gasteiger partial charge on any atom is 0.152 e. The van der Waals surface area contributed by atoms with E-state index in [2.05, 4.69) is 161 Å². The Balaban J connectivity index is 1.32. The number of anilines is 6. The molecule has 3 heteroatoms. The Labute approximate surface area is 250 Å². The standard InChI is InChI=1S/C40H26N2O/c1-3-12-27(13-4-1)29-16-9-19-31(24-29)42-34-21-7-8-23-38(34)43-39-25-33-32-20-10-14-28-15-11-22-35(40(28)32)41(36(33)26-37(39)42)30-17-5-2-6-18-30/h1-26H. The van der Waals surface area contributed by atoms with Crippen molar-refractivity contribution in [3.8, 4) is 33.8 Å². The van der Waals surface area contributed by atoms with Gasteiger partial charge in [0, 0.05) is 22.3 Å². The fourth-order valence-corrected chi connectivity index (χ4v) is 6.64. The Bertz CT molecular complexity index is 2170. The van der Waals surface area contributed by atoms with Crippen LogP contribution in [-0.2, 0) is 0 Å². The summed E-state index contributed by atoms with van der Waals surface area (Å²) in [5.74, 6) is 1.68. The fourth-order valence-electron chi connectivity index (χ4n) is 6.64. The molecule has 0 saturated heterocycles. The minimum Gasteiger partial charge on any atom is -0.453 e. The van der Waals surface area contributed by atoms with Crippen molar-refractivity contribution in [2.45, 2.75) is 0 Å². The van der Waals surface area contributed by atoms with E-state index in [9.17, 15) is 0 Å². The van der Waals surface area contributed by atoms with Crippen molar-refractivity contribution in [3.05, 3.63) is 158 Å². The van der Waals surface area contributed by atoms with Gasteiger partial charge in [0.1, 0.15) is 0 Å². The summed E-state index contributed by atoms with van der Waals surface area (Å²) in [6, 6.07) is 56.0. The lowest BCUT2D eigenvalue weighted by molar-refractivity contribution is 0.477. The fraction of sp³-hybridized carbons (Fsp3) is 0. The molecule has 0 aliphatic carbocycles. The summed E-state index contributed by atoms with van der Waals surface area (Å²) >= 11 is 0. The van der Waals surface area contributed by atoms with Crippen molar-refractivity contribution >= 4 is 44.9 Å². The largest absolute Gasteiger partial charge is 0.453 e. The number of benzene rings is 7. The number of nitrogens with zero attached hydrogens (tertiary/aromatic N) is 2. The van der Waals surface area contributed by atoms with E-state index in [1.54, 1.807) is 0 Å². The van der Waals surface area contributed by atoms with Gasteiger partial charge < -0.3 is 14.5 Å². The molecular weight excluding hydrogens is 524 g/mol. The highest BCUT2D eigenvalue weighted by Crippen LogP contribution is 2.58. The zero-order valence-corrected chi connectivity index (χ0v) is 23.3. The van der Waals surface area contributed by atoms with E-state index in [0.717, 1.165) is 45.5 Å². The first-order chi connectivity index (χ1) is 21.3. The Morgan fingerprint density at radius 3 is 1.88 bits per heavy atom. The van der Waals surface area contributed by atoms with Gasteiger partial charge in [0.05, 0.1) is 22.7 Å². The van der Waals surface area contributed by atoms with Crippen LogP contribution in [0.3, 0.4) is 0 Å². The first kappa shape index (κ1) is 23.9. The highest BCUT2D eigenvalue weighted by molar-refractivity contribution is 6.14. The number of hydrogen-bond acceptors (Lipinski definition) is 3. The van der Waals surface area contributed by atoms with Crippen LogP contribution in [0.25, 0.3) is 33.0 Å². The Morgan fingerprint density at radius 1 is 0.372 bits per heavy atom. The first-order valence-electron chi connectivity index (χ1n) is 14.6. The number of ether oxygens (including phenoxy) is 1. The monoisotopic (exact) mass is 550 g/mol. The average Bonchev–Trinajstić information content (AvgIpc) is 3.08. The summed E-state index contributed by atoms with van der Waals surface area (Å²) in [4.78, 5) is 4.73. The van der Waals surface area contributed by atoms with Crippen molar-refractivity contribution in [2.75, 3.05) is 9.80 Å². The van der Waals surface area contributed by atoms with Crippen LogP contribution in [0.5, 0.6) is 11.5 Å². The smallest absolute Gasteiger partial charge is 0.152 e. The maximum absolute atomic E-state index is 6.67. The minimum atomic E-state index is 0.840. The van der Waals surface area contributed by atoms with Crippen molar-refractivity contribution in [1.82, 2.24) is 0 Å². The molecule has 0 unspecified atom stereocenters. The molecule has 2 heterocycles. The van der Waals surface area contributed by atoms with Gasteiger partial charge in [0.15, 0.2) is 11.5 Å². The predicted molar refractivity (Wildman–Crippen MR) is 178 cm³/mol. The second kappa shape index (κ2) is 9.37. The number of rotatable bonds is 3. The lowest BCUT2D eigenvalue weighted by Gasteiger charge is -2.38. The molecule has 2 aliphatic rings. The van der Waals surface area contributed by atoms with Gasteiger partial charge in [-0.05, 0) is 76.7 Å². The quantitative estimate of drug-likeness (QED) is 0.218. The Morgan fingerprint density at radius 2 is 1.02 bits per heavy atom. The van der Waals surface area contributed by atoms with Gasteiger partial charge in [0.25, 0.3) is 0 Å². The third-order valence-electron chi connectivity index (χ3n) is 8.52. The molecule has 202 valence electrons. The lowest BCUT2D eigenvalue weighted by atomic mass is 9.90. The molecule has 0 atom stereocenters. The molecule has 0 aromatic heterocycles. The molecule has 0 amide bonds. The molecule has 0 N–H and O–H groups in total. The Kier molecular flexibility index (Phi) is 5.20. The molecule has 2 aliphatic heterocycles. The van der Waals surface area contributed by atoms with Crippen LogP contribution in [0, 0.1) is 0 Å². The van der Waals surface area contributed by atoms with Crippen LogP contribution in [-0.4, -0.2) is 0 Å². The molecule has 0 fully saturated rings. The molecular formula is C40H26N2O. The van der Waals surface area contributed by atoms with E-state index in [0.29, 0.717) is 0 Å². The summed E-state index contributed by atoms with van der Waals surface area (Å²) in [5.41, 5.74) is 11.3. The van der Waals surface area contributed by atoms with Crippen molar-refractivity contribution < 1.29 is 4.74 Å². The highest BCUT2D eigenvalue weighted by atomic mass is 16.5. The van der Waals surface area contributed by atoms with Crippen molar-refractivity contribution in [2.24, 2.45) is 0 Å². The number of fused-ring (bicyclic) bond motifs is 4. The maximum atomic E-state index is 6.67. The van der Waals surface area contributed by atoms with Gasteiger partial charge in [0.2, 0.25) is 0 Å². The SMILES string of the molecule is c1ccc(-c2cccc(N3c4ccccc4Oc4cc5c(cc43)N(c3ccccc3)c3cccc4cccc-5c34)c2)cc1. The zero-order valence-electron chi connectivity index (χ0n) is 23.3. The van der Waals surface area contributed by atoms with Crippen molar-refractivity contribution in [3.63, 3.8) is 0 Å². The summed E-state index contributed by atoms with van der Waals surface area (Å²) in [6.07, 6.45) is 0. The van der Waals surface area contributed by atoms with Crippen LogP contribution in [0.1, 0.15) is 0 Å². The van der Waals surface area contributed by atoms with E-state index in [1.165, 1.54) is 33.2 Å². The minimum absolute atomic E-state index is 0.840. The van der Waals surface area contributed by atoms with Crippen LogP contribution in [0.4, 0.5) is 34.1 Å². The first-order valence-corrected chi connectivity index (χ1v) is 14.6. The summed E-state index contributed by atoms with van der Waals surface area (Å²) < 4.78 is 6.67. The van der Waals surface area contributed by atoms with E-state index in [4.69, 9.17) is 4.74 Å². The van der Waals surface area contributed by atoms with Gasteiger partial charge in [-0.1, -0.05) is 103 Å². The van der Waals surface area contributed by atoms with Gasteiger partial charge in [-0.15, -0.1) is 0 Å². The third-order valence-corrected chi connectivity index (χ3v) is 8.52. The highest BCUT2D eigenvalue weighted by Gasteiger charge is 2.32. The summed E-state index contributed by atoms with van der Waals surface area (Å²) in [5, 5.41) is 2.48. The molecule has 9 rings (SSSR count). The molecule has 7 aromatic carbocycles. The topological polar surface area (TPSA) is 15.7 Å². The molecule has 7 aromatic rings. The van der Waals surface area contributed by atoms with Crippen LogP contribution < -0.4 is 14.5 Å². The molecule has 0 saturated carbocycles. The molecule has 3 nitrogen and oxygen atoms in total. The zero-order chi connectivity index (χ0) is 28.3. The second-order valence-corrected chi connectivity index (χ2v) is 11.0. The van der Waals surface area contributed by atoms with Crippen molar-refractivity contribution in [1.29, 1.82) is 0 Å². The van der Waals surface area contributed by atoms with E-state index in [1.807, 2.05) is 6.07 Å². The normalized spacial score (nSPS) is 12.7. The molecule has 0 radical (unpaired) electrons. The Hall–Kier alpha value is -5.80. The lowest BCUT2D eigenvalue weighted by Crippen LogP contribution is -2.19. The summed E-state index contributed by atoms with van der Waals surface area (Å²) in [7, 11) is 0. The number of para-hydroxylation sites is 3. The predicted octanol–water partition coefficient (Wildman–Crippen LogP) is 11.5. The van der Waals surface area contributed by atoms with Crippen LogP contribution >= 0.6 is 0 Å². The van der Waals surface area contributed by atoms with Crippen LogP contribution in [0.15, 0.2) is 158 Å². The molecule has 0 spiro atoms. The van der Waals surface area contributed by atoms with Crippen LogP contribution in [0.2, 0.25) is 0 Å². The third kappa shape index (κ3) is 3.68. The molecule has 43 heavy (non-hydrogen) atoms. The van der Waals surface area contributed by atoms with Gasteiger partial charge in [-0.25, -0.2) is 0 Å². The van der Waals surface area contributed by atoms with E-state index >= 15 is 0 Å². The van der Waals surface area contributed by atoms with Gasteiger partial charge in [-0.2, -0.15) is 0 Å². The second-order valence-electron chi connectivity index (χ2n) is 11.0. The van der Waals surface area contributed by atoms with Gasteiger partial charge >= 0.3 is 0 Å². The molecule has 0 bridgehead atoms. The van der Waals surface area contributed by atoms with E-state index in [-0.39, 0.29) is 0 Å². The average molecular weight is 551 g/mol. The summed E-state index contributed by atoms with van der Waals surface area (Å²) in [6.45, 7) is 0. The number of hydrogen-bond donors (Lipinski definition) is 0.